The molecule has 1 saturated carbocycles. The Morgan fingerprint density at radius 2 is 2.00 bits per heavy atom. The number of aliphatic hydroxyl groups is 1. The van der Waals surface area contributed by atoms with E-state index >= 15 is 0 Å². The molecular formula is C16H19NO2. The fraction of sp³-hybridized carbons (Fsp3) is 0.438. The predicted molar refractivity (Wildman–Crippen MR) is 75.4 cm³/mol. The minimum absolute atomic E-state index is 0.107. The van der Waals surface area contributed by atoms with Crippen LogP contribution in [0, 0.1) is 6.92 Å². The lowest BCUT2D eigenvalue weighted by Crippen LogP contribution is -2.34. The molecule has 1 aliphatic rings. The number of rotatable bonds is 2. The van der Waals surface area contributed by atoms with Crippen LogP contribution in [0.15, 0.2) is 30.3 Å². The topological polar surface area (TPSA) is 42.4 Å². The minimum atomic E-state index is -0.357. The van der Waals surface area contributed by atoms with Gasteiger partial charge in [-0.2, -0.15) is 0 Å². The number of fused-ring (bicyclic) bond motifs is 1. The Morgan fingerprint density at radius 1 is 1.16 bits per heavy atom. The average molecular weight is 257 g/mol. The molecule has 1 fully saturated rings. The van der Waals surface area contributed by atoms with Crippen molar-refractivity contribution in [2.75, 3.05) is 0 Å². The third-order valence-electron chi connectivity index (χ3n) is 3.76. The van der Waals surface area contributed by atoms with Gasteiger partial charge in [-0.05, 0) is 44.4 Å². The standard InChI is InChI=1S/C16H19NO2/c1-11-6-8-13-12(10-11)7-9-16(17-13)19-15-5-3-2-4-14(15)18/h6-10,14-15,18H,2-5H2,1H3/t14-,15-/m1/s1. The lowest BCUT2D eigenvalue weighted by molar-refractivity contribution is 0.00469. The second kappa shape index (κ2) is 5.17. The number of pyridine rings is 1. The van der Waals surface area contributed by atoms with Gasteiger partial charge in [-0.15, -0.1) is 0 Å². The number of aliphatic hydroxyl groups excluding tert-OH is 1. The fourth-order valence-corrected chi connectivity index (χ4v) is 2.66. The first-order chi connectivity index (χ1) is 9.22. The van der Waals surface area contributed by atoms with E-state index in [1.807, 2.05) is 18.2 Å². The summed E-state index contributed by atoms with van der Waals surface area (Å²) in [4.78, 5) is 4.51. The summed E-state index contributed by atoms with van der Waals surface area (Å²) in [5.41, 5.74) is 2.17. The van der Waals surface area contributed by atoms with Crippen molar-refractivity contribution in [3.05, 3.63) is 35.9 Å². The molecule has 0 spiro atoms. The van der Waals surface area contributed by atoms with E-state index in [9.17, 15) is 5.11 Å². The van der Waals surface area contributed by atoms with Gasteiger partial charge in [0.15, 0.2) is 0 Å². The van der Waals surface area contributed by atoms with E-state index in [1.165, 1.54) is 5.56 Å². The smallest absolute Gasteiger partial charge is 0.214 e. The molecule has 3 nitrogen and oxygen atoms in total. The largest absolute Gasteiger partial charge is 0.472 e. The zero-order valence-corrected chi connectivity index (χ0v) is 11.2. The van der Waals surface area contributed by atoms with Crippen LogP contribution in [0.4, 0.5) is 0 Å². The maximum absolute atomic E-state index is 9.93. The Labute approximate surface area is 113 Å². The summed E-state index contributed by atoms with van der Waals surface area (Å²) in [7, 11) is 0. The summed E-state index contributed by atoms with van der Waals surface area (Å²) >= 11 is 0. The number of ether oxygens (including phenoxy) is 1. The van der Waals surface area contributed by atoms with Crippen LogP contribution in [0.25, 0.3) is 10.9 Å². The number of aromatic nitrogens is 1. The van der Waals surface area contributed by atoms with Gasteiger partial charge >= 0.3 is 0 Å². The van der Waals surface area contributed by atoms with Crippen molar-refractivity contribution in [1.29, 1.82) is 0 Å². The Balaban J connectivity index is 1.83. The Hall–Kier alpha value is -1.61. The van der Waals surface area contributed by atoms with Crippen LogP contribution < -0.4 is 4.74 Å². The van der Waals surface area contributed by atoms with E-state index in [1.54, 1.807) is 0 Å². The van der Waals surface area contributed by atoms with Gasteiger partial charge in [0.1, 0.15) is 6.10 Å². The van der Waals surface area contributed by atoms with Gasteiger partial charge in [0.05, 0.1) is 11.6 Å². The first kappa shape index (κ1) is 12.4. The van der Waals surface area contributed by atoms with Crippen LogP contribution in [-0.2, 0) is 0 Å². The van der Waals surface area contributed by atoms with Crippen molar-refractivity contribution in [1.82, 2.24) is 4.98 Å². The van der Waals surface area contributed by atoms with Gasteiger partial charge in [0.25, 0.3) is 0 Å². The summed E-state index contributed by atoms with van der Waals surface area (Å²) in [6.45, 7) is 2.07. The van der Waals surface area contributed by atoms with E-state index in [4.69, 9.17) is 4.74 Å². The molecule has 2 atom stereocenters. The van der Waals surface area contributed by atoms with E-state index < -0.39 is 0 Å². The third-order valence-corrected chi connectivity index (χ3v) is 3.76. The van der Waals surface area contributed by atoms with Gasteiger partial charge < -0.3 is 9.84 Å². The molecule has 3 rings (SSSR count). The van der Waals surface area contributed by atoms with E-state index in [2.05, 4.69) is 24.0 Å². The number of hydrogen-bond acceptors (Lipinski definition) is 3. The van der Waals surface area contributed by atoms with Gasteiger partial charge in [0.2, 0.25) is 5.88 Å². The molecule has 1 aliphatic carbocycles. The van der Waals surface area contributed by atoms with Gasteiger partial charge in [-0.3, -0.25) is 0 Å². The highest BCUT2D eigenvalue weighted by Crippen LogP contribution is 2.24. The normalized spacial score (nSPS) is 23.5. The lowest BCUT2D eigenvalue weighted by atomic mass is 9.95. The molecule has 100 valence electrons. The van der Waals surface area contributed by atoms with Crippen LogP contribution in [0.1, 0.15) is 31.2 Å². The number of benzene rings is 1. The lowest BCUT2D eigenvalue weighted by Gasteiger charge is -2.27. The first-order valence-corrected chi connectivity index (χ1v) is 6.94. The molecule has 1 aromatic heterocycles. The van der Waals surface area contributed by atoms with Crippen LogP contribution >= 0.6 is 0 Å². The third kappa shape index (κ3) is 2.71. The summed E-state index contributed by atoms with van der Waals surface area (Å²) in [5.74, 6) is 0.613. The predicted octanol–water partition coefficient (Wildman–Crippen LogP) is 3.23. The maximum atomic E-state index is 9.93. The van der Waals surface area contributed by atoms with Crippen molar-refractivity contribution in [2.45, 2.75) is 44.8 Å². The van der Waals surface area contributed by atoms with Gasteiger partial charge in [-0.1, -0.05) is 18.1 Å². The Morgan fingerprint density at radius 3 is 2.84 bits per heavy atom. The quantitative estimate of drug-likeness (QED) is 0.898. The molecule has 0 radical (unpaired) electrons. The van der Waals surface area contributed by atoms with Crippen molar-refractivity contribution >= 4 is 10.9 Å². The van der Waals surface area contributed by atoms with Gasteiger partial charge in [0, 0.05) is 11.5 Å². The van der Waals surface area contributed by atoms with E-state index in [0.29, 0.717) is 5.88 Å². The molecular weight excluding hydrogens is 238 g/mol. The van der Waals surface area contributed by atoms with Crippen LogP contribution in [-0.4, -0.2) is 22.3 Å². The second-order valence-electron chi connectivity index (χ2n) is 5.35. The van der Waals surface area contributed by atoms with Crippen molar-refractivity contribution in [3.8, 4) is 5.88 Å². The highest BCUT2D eigenvalue weighted by atomic mass is 16.5. The zero-order chi connectivity index (χ0) is 13.2. The Bertz CT molecular complexity index is 582. The summed E-state index contributed by atoms with van der Waals surface area (Å²) < 4.78 is 5.84. The van der Waals surface area contributed by atoms with Crippen molar-refractivity contribution < 1.29 is 9.84 Å². The SMILES string of the molecule is Cc1ccc2nc(O[C@@H]3CCCC[C@H]3O)ccc2c1. The van der Waals surface area contributed by atoms with E-state index in [-0.39, 0.29) is 12.2 Å². The molecule has 1 N–H and O–H groups in total. The zero-order valence-electron chi connectivity index (χ0n) is 11.2. The minimum Gasteiger partial charge on any atom is -0.472 e. The van der Waals surface area contributed by atoms with Crippen molar-refractivity contribution in [3.63, 3.8) is 0 Å². The Kier molecular flexibility index (Phi) is 3.38. The molecule has 0 bridgehead atoms. The molecule has 3 heteroatoms. The van der Waals surface area contributed by atoms with Crippen LogP contribution in [0.2, 0.25) is 0 Å². The average Bonchev–Trinajstić information content (AvgIpc) is 2.41. The summed E-state index contributed by atoms with van der Waals surface area (Å²) in [6, 6.07) is 10.1. The second-order valence-corrected chi connectivity index (χ2v) is 5.35. The molecule has 0 aliphatic heterocycles. The fourth-order valence-electron chi connectivity index (χ4n) is 2.66. The molecule has 0 unspecified atom stereocenters. The first-order valence-electron chi connectivity index (χ1n) is 6.94. The molecule has 0 saturated heterocycles. The number of aryl methyl sites for hydroxylation is 1. The number of nitrogens with zero attached hydrogens (tertiary/aromatic N) is 1. The molecule has 2 aromatic rings. The monoisotopic (exact) mass is 257 g/mol. The van der Waals surface area contributed by atoms with Gasteiger partial charge in [-0.25, -0.2) is 4.98 Å². The highest BCUT2D eigenvalue weighted by molar-refractivity contribution is 5.79. The summed E-state index contributed by atoms with van der Waals surface area (Å²) in [6.07, 6.45) is 3.49. The molecule has 1 aromatic carbocycles. The van der Waals surface area contributed by atoms with Crippen molar-refractivity contribution in [2.24, 2.45) is 0 Å². The highest BCUT2D eigenvalue weighted by Gasteiger charge is 2.24. The van der Waals surface area contributed by atoms with E-state index in [0.717, 1.165) is 36.6 Å². The molecule has 1 heterocycles. The molecule has 19 heavy (non-hydrogen) atoms. The summed E-state index contributed by atoms with van der Waals surface area (Å²) in [5, 5.41) is 11.0. The van der Waals surface area contributed by atoms with Crippen LogP contribution in [0.5, 0.6) is 5.88 Å². The van der Waals surface area contributed by atoms with Crippen LogP contribution in [0.3, 0.4) is 0 Å². The molecule has 0 amide bonds. The number of hydrogen-bond donors (Lipinski definition) is 1. The maximum Gasteiger partial charge on any atom is 0.214 e.